The molecule has 1 atom stereocenters. The summed E-state index contributed by atoms with van der Waals surface area (Å²) >= 11 is 0. The van der Waals surface area contributed by atoms with E-state index < -0.39 is 0 Å². The molecule has 1 radical (unpaired) electrons. The smallest absolute Gasteiger partial charge is 0.0981 e. The second-order valence-corrected chi connectivity index (χ2v) is 4.67. The lowest BCUT2D eigenvalue weighted by molar-refractivity contribution is 0.566. The summed E-state index contributed by atoms with van der Waals surface area (Å²) in [7, 11) is 0. The second-order valence-electron chi connectivity index (χ2n) is 4.67. The fourth-order valence-corrected chi connectivity index (χ4v) is 2.70. The van der Waals surface area contributed by atoms with Crippen molar-refractivity contribution in [2.75, 3.05) is 0 Å². The highest BCUT2D eigenvalue weighted by Gasteiger charge is 2.52. The van der Waals surface area contributed by atoms with Crippen molar-refractivity contribution in [3.05, 3.63) is 41.4 Å². The predicted octanol–water partition coefficient (Wildman–Crippen LogP) is 3.45. The van der Waals surface area contributed by atoms with Gasteiger partial charge in [0.05, 0.1) is 12.5 Å². The van der Waals surface area contributed by atoms with Crippen molar-refractivity contribution in [3.63, 3.8) is 0 Å². The molecule has 0 N–H and O–H groups in total. The van der Waals surface area contributed by atoms with E-state index in [1.54, 1.807) is 18.1 Å². The summed E-state index contributed by atoms with van der Waals surface area (Å²) in [6.07, 6.45) is 7.02. The van der Waals surface area contributed by atoms with E-state index in [1.165, 1.54) is 16.7 Å². The molecule has 0 spiro atoms. The Labute approximate surface area is 84.1 Å². The molecule has 2 aliphatic rings. The highest BCUT2D eigenvalue weighted by atomic mass is 16.3. The van der Waals surface area contributed by atoms with Crippen LogP contribution in [-0.2, 0) is 0 Å². The first-order valence-corrected chi connectivity index (χ1v) is 5.04. The van der Waals surface area contributed by atoms with Gasteiger partial charge in [0.1, 0.15) is 0 Å². The molecule has 71 valence electrons. The van der Waals surface area contributed by atoms with Gasteiger partial charge in [0.15, 0.2) is 0 Å². The summed E-state index contributed by atoms with van der Waals surface area (Å²) in [4.78, 5) is 0. The number of hydrogen-bond acceptors (Lipinski definition) is 1. The van der Waals surface area contributed by atoms with Crippen LogP contribution in [0.4, 0.5) is 0 Å². The maximum absolute atomic E-state index is 5.11. The molecule has 0 saturated heterocycles. The molecule has 3 rings (SSSR count). The van der Waals surface area contributed by atoms with Gasteiger partial charge in [-0.05, 0) is 28.9 Å². The second kappa shape index (κ2) is 2.22. The molecule has 2 aliphatic carbocycles. The SMILES string of the molecule is CC1[C]=C(c2ccoc2)C2=C1C2(C)C. The topological polar surface area (TPSA) is 13.1 Å². The molecule has 0 amide bonds. The zero-order chi connectivity index (χ0) is 9.92. The Morgan fingerprint density at radius 1 is 1.43 bits per heavy atom. The van der Waals surface area contributed by atoms with E-state index in [9.17, 15) is 0 Å². The first kappa shape index (κ1) is 8.10. The summed E-state index contributed by atoms with van der Waals surface area (Å²) in [5.41, 5.74) is 5.82. The summed E-state index contributed by atoms with van der Waals surface area (Å²) < 4.78 is 5.11. The largest absolute Gasteiger partial charge is 0.472 e. The van der Waals surface area contributed by atoms with Gasteiger partial charge in [-0.2, -0.15) is 0 Å². The van der Waals surface area contributed by atoms with Crippen LogP contribution in [0.5, 0.6) is 0 Å². The van der Waals surface area contributed by atoms with Crippen LogP contribution >= 0.6 is 0 Å². The first-order chi connectivity index (χ1) is 6.62. The van der Waals surface area contributed by atoms with Crippen molar-refractivity contribution in [2.45, 2.75) is 20.8 Å². The molecule has 0 aromatic carbocycles. The lowest BCUT2D eigenvalue weighted by atomic mass is 9.88. The lowest BCUT2D eigenvalue weighted by Crippen LogP contribution is -2.04. The fraction of sp³-hybridized carbons (Fsp3) is 0.385. The zero-order valence-corrected chi connectivity index (χ0v) is 8.72. The molecule has 14 heavy (non-hydrogen) atoms. The molecular weight excluding hydrogens is 172 g/mol. The molecule has 0 fully saturated rings. The summed E-state index contributed by atoms with van der Waals surface area (Å²) in [6.45, 7) is 6.79. The zero-order valence-electron chi connectivity index (χ0n) is 8.72. The van der Waals surface area contributed by atoms with Crippen molar-refractivity contribution in [3.8, 4) is 0 Å². The van der Waals surface area contributed by atoms with Crippen molar-refractivity contribution >= 4 is 5.57 Å². The first-order valence-electron chi connectivity index (χ1n) is 5.04. The Morgan fingerprint density at radius 3 is 2.71 bits per heavy atom. The summed E-state index contributed by atoms with van der Waals surface area (Å²) in [5, 5.41) is 0. The van der Waals surface area contributed by atoms with Gasteiger partial charge in [-0.1, -0.05) is 20.8 Å². The molecule has 1 aromatic heterocycles. The lowest BCUT2D eigenvalue weighted by Gasteiger charge is -2.14. The molecule has 1 aromatic rings. The van der Waals surface area contributed by atoms with Gasteiger partial charge < -0.3 is 4.42 Å². The van der Waals surface area contributed by atoms with Crippen LogP contribution in [-0.4, -0.2) is 0 Å². The van der Waals surface area contributed by atoms with Crippen molar-refractivity contribution in [1.29, 1.82) is 0 Å². The van der Waals surface area contributed by atoms with Gasteiger partial charge >= 0.3 is 0 Å². The summed E-state index contributed by atoms with van der Waals surface area (Å²) in [5.74, 6) is 0.491. The van der Waals surface area contributed by atoms with Gasteiger partial charge in [0, 0.05) is 16.9 Å². The van der Waals surface area contributed by atoms with E-state index in [1.807, 2.05) is 6.07 Å². The Balaban J connectivity index is 2.05. The Hall–Kier alpha value is -1.24. The molecule has 0 saturated carbocycles. The van der Waals surface area contributed by atoms with Gasteiger partial charge in [-0.15, -0.1) is 0 Å². The third-order valence-corrected chi connectivity index (χ3v) is 3.36. The van der Waals surface area contributed by atoms with E-state index >= 15 is 0 Å². The Morgan fingerprint density at radius 2 is 2.21 bits per heavy atom. The highest BCUT2D eigenvalue weighted by Crippen LogP contribution is 2.64. The average Bonchev–Trinajstić information content (AvgIpc) is 2.59. The molecule has 1 heterocycles. The molecule has 1 heteroatoms. The molecule has 1 unspecified atom stereocenters. The number of hydrogen-bond donors (Lipinski definition) is 0. The average molecular weight is 185 g/mol. The number of allylic oxidation sites excluding steroid dienone is 4. The maximum Gasteiger partial charge on any atom is 0.0981 e. The van der Waals surface area contributed by atoms with Gasteiger partial charge in [0.2, 0.25) is 0 Å². The predicted molar refractivity (Wildman–Crippen MR) is 55.3 cm³/mol. The van der Waals surface area contributed by atoms with E-state index in [0.29, 0.717) is 11.3 Å². The normalized spacial score (nSPS) is 27.6. The highest BCUT2D eigenvalue weighted by molar-refractivity contribution is 5.90. The van der Waals surface area contributed by atoms with E-state index in [4.69, 9.17) is 4.42 Å². The summed E-state index contributed by atoms with van der Waals surface area (Å²) in [6, 6.07) is 2.01. The van der Waals surface area contributed by atoms with E-state index in [-0.39, 0.29) is 0 Å². The van der Waals surface area contributed by atoms with Gasteiger partial charge in [-0.25, -0.2) is 0 Å². The minimum Gasteiger partial charge on any atom is -0.472 e. The third-order valence-electron chi connectivity index (χ3n) is 3.36. The monoisotopic (exact) mass is 185 g/mol. The van der Waals surface area contributed by atoms with Crippen LogP contribution in [0, 0.1) is 17.4 Å². The minimum absolute atomic E-state index is 0.317. The van der Waals surface area contributed by atoms with Crippen LogP contribution in [0.2, 0.25) is 0 Å². The van der Waals surface area contributed by atoms with Crippen LogP contribution < -0.4 is 0 Å². The van der Waals surface area contributed by atoms with Gasteiger partial charge in [0.25, 0.3) is 0 Å². The van der Waals surface area contributed by atoms with Crippen molar-refractivity contribution in [1.82, 2.24) is 0 Å². The molecule has 1 nitrogen and oxygen atoms in total. The van der Waals surface area contributed by atoms with Crippen LogP contribution in [0.15, 0.2) is 34.2 Å². The number of rotatable bonds is 1. The third kappa shape index (κ3) is 0.802. The van der Waals surface area contributed by atoms with Crippen LogP contribution in [0.25, 0.3) is 5.57 Å². The Kier molecular flexibility index (Phi) is 1.28. The van der Waals surface area contributed by atoms with E-state index in [0.717, 1.165) is 0 Å². The van der Waals surface area contributed by atoms with Crippen molar-refractivity contribution < 1.29 is 4.42 Å². The molecule has 0 bridgehead atoms. The fourth-order valence-electron chi connectivity index (χ4n) is 2.70. The maximum atomic E-state index is 5.11. The van der Waals surface area contributed by atoms with Gasteiger partial charge in [-0.3, -0.25) is 0 Å². The quantitative estimate of drug-likeness (QED) is 0.653. The molecule has 0 aliphatic heterocycles. The van der Waals surface area contributed by atoms with Crippen LogP contribution in [0.3, 0.4) is 0 Å². The minimum atomic E-state index is 0.317. The van der Waals surface area contributed by atoms with E-state index in [2.05, 4.69) is 26.8 Å². The Bertz CT molecular complexity index is 444. The van der Waals surface area contributed by atoms with Crippen molar-refractivity contribution in [2.24, 2.45) is 11.3 Å². The molecular formula is C13H13O. The standard InChI is InChI=1S/C13H13O/c1-8-6-10(9-4-5-14-7-9)12-11(8)13(12,2)3/h4-5,7-8H,1-3H3. The number of furan rings is 1. The van der Waals surface area contributed by atoms with Crippen LogP contribution in [0.1, 0.15) is 26.3 Å².